The van der Waals surface area contributed by atoms with E-state index >= 15 is 0 Å². The molecule has 0 N–H and O–H groups in total. The van der Waals surface area contributed by atoms with Gasteiger partial charge in [0.1, 0.15) is 5.75 Å². The van der Waals surface area contributed by atoms with Crippen molar-refractivity contribution >= 4 is 33.3 Å². The van der Waals surface area contributed by atoms with Crippen molar-refractivity contribution in [3.8, 4) is 5.75 Å². The first-order valence-corrected chi connectivity index (χ1v) is 11.0. The second-order valence-corrected chi connectivity index (χ2v) is 9.45. The molecular weight excluding hydrogens is 410 g/mol. The number of hydrogen-bond acceptors (Lipinski definition) is 6. The zero-order chi connectivity index (χ0) is 21.2. The van der Waals surface area contributed by atoms with Crippen LogP contribution in [0, 0.1) is 4.84 Å². The van der Waals surface area contributed by atoms with Gasteiger partial charge in [0.05, 0.1) is 23.7 Å². The van der Waals surface area contributed by atoms with Crippen molar-refractivity contribution in [2.75, 3.05) is 27.7 Å². The van der Waals surface area contributed by atoms with Gasteiger partial charge in [0.15, 0.2) is 5.58 Å². The molecule has 3 rings (SSSR count). The van der Waals surface area contributed by atoms with Gasteiger partial charge in [-0.3, -0.25) is 9.47 Å². The third-order valence-corrected chi connectivity index (χ3v) is 6.60. The Balaban J connectivity index is 1.85. The van der Waals surface area contributed by atoms with E-state index in [4.69, 9.17) is 21.4 Å². The number of ether oxygens (including phenoxy) is 1. The number of sulfonamides is 1. The molecule has 0 aliphatic heterocycles. The summed E-state index contributed by atoms with van der Waals surface area (Å²) < 4.78 is 39.0. The third kappa shape index (κ3) is 4.69. The molecule has 0 fully saturated rings. The second kappa shape index (κ2) is 8.66. The molecule has 29 heavy (non-hydrogen) atoms. The van der Waals surface area contributed by atoms with Crippen LogP contribution in [0.15, 0.2) is 51.8 Å². The summed E-state index contributed by atoms with van der Waals surface area (Å²) in [6, 6.07) is 12.7. The van der Waals surface area contributed by atoms with E-state index in [9.17, 15) is 8.42 Å². The zero-order valence-corrected chi connectivity index (χ0v) is 18.6. The van der Waals surface area contributed by atoms with E-state index in [-0.39, 0.29) is 4.90 Å². The number of aromatic nitrogens is 1. The molecule has 0 aliphatic rings. The molecule has 0 radical (unpaired) electrons. The highest BCUT2D eigenvalue weighted by Crippen LogP contribution is 2.24. The van der Waals surface area contributed by atoms with Crippen LogP contribution in [0.5, 0.6) is 5.75 Å². The van der Waals surface area contributed by atoms with E-state index in [1.807, 2.05) is 38.2 Å². The van der Waals surface area contributed by atoms with Crippen LogP contribution >= 0.6 is 12.2 Å². The van der Waals surface area contributed by atoms with Gasteiger partial charge in [-0.05, 0) is 62.1 Å². The van der Waals surface area contributed by atoms with Gasteiger partial charge < -0.3 is 9.15 Å². The number of rotatable bonds is 8. The number of hydrogen-bond donors (Lipinski definition) is 0. The molecule has 0 unspecified atom stereocenters. The van der Waals surface area contributed by atoms with Crippen LogP contribution in [0.2, 0.25) is 0 Å². The first-order chi connectivity index (χ1) is 13.7. The van der Waals surface area contributed by atoms with Crippen LogP contribution < -0.4 is 4.74 Å². The maximum Gasteiger partial charge on any atom is 0.270 e. The van der Waals surface area contributed by atoms with Crippen LogP contribution in [0.3, 0.4) is 0 Å². The first kappa shape index (κ1) is 21.5. The predicted octanol–water partition coefficient (Wildman–Crippen LogP) is 3.70. The lowest BCUT2D eigenvalue weighted by Crippen LogP contribution is -2.23. The SMILES string of the molecule is CCOc1ccc(CN(C)Cn2c(=S)oc3ccc(S(=O)(=O)N(C)C)cc32)cc1. The highest BCUT2D eigenvalue weighted by Gasteiger charge is 2.19. The fourth-order valence-corrected chi connectivity index (χ4v) is 4.18. The van der Waals surface area contributed by atoms with Crippen LogP contribution in [0.4, 0.5) is 0 Å². The first-order valence-electron chi connectivity index (χ1n) is 9.18. The second-order valence-electron chi connectivity index (χ2n) is 6.95. The maximum absolute atomic E-state index is 12.5. The summed E-state index contributed by atoms with van der Waals surface area (Å²) in [5.74, 6) is 0.844. The smallest absolute Gasteiger partial charge is 0.270 e. The normalized spacial score (nSPS) is 12.2. The van der Waals surface area contributed by atoms with E-state index in [0.717, 1.165) is 11.3 Å². The lowest BCUT2D eigenvalue weighted by atomic mass is 10.2. The van der Waals surface area contributed by atoms with Gasteiger partial charge in [-0.15, -0.1) is 0 Å². The number of nitrogens with zero attached hydrogens (tertiary/aromatic N) is 3. The van der Waals surface area contributed by atoms with E-state index in [0.29, 0.717) is 35.8 Å². The Bertz CT molecular complexity index is 1150. The van der Waals surface area contributed by atoms with E-state index in [2.05, 4.69) is 4.90 Å². The van der Waals surface area contributed by atoms with E-state index < -0.39 is 10.0 Å². The monoisotopic (exact) mass is 435 g/mol. The van der Waals surface area contributed by atoms with Gasteiger partial charge in [0.2, 0.25) is 10.0 Å². The lowest BCUT2D eigenvalue weighted by molar-refractivity contribution is 0.257. The maximum atomic E-state index is 12.5. The summed E-state index contributed by atoms with van der Waals surface area (Å²) >= 11 is 5.36. The van der Waals surface area contributed by atoms with Gasteiger partial charge in [0, 0.05) is 20.6 Å². The third-order valence-electron chi connectivity index (χ3n) is 4.49. The highest BCUT2D eigenvalue weighted by atomic mass is 32.2. The van der Waals surface area contributed by atoms with Crippen LogP contribution in [0.25, 0.3) is 11.1 Å². The van der Waals surface area contributed by atoms with Gasteiger partial charge >= 0.3 is 0 Å². The molecule has 1 aromatic heterocycles. The Morgan fingerprint density at radius 3 is 2.41 bits per heavy atom. The van der Waals surface area contributed by atoms with Crippen LogP contribution in [0.1, 0.15) is 12.5 Å². The Labute approximate surface area is 176 Å². The average Bonchev–Trinajstić information content (AvgIpc) is 2.98. The van der Waals surface area contributed by atoms with Gasteiger partial charge in [0.25, 0.3) is 4.84 Å². The summed E-state index contributed by atoms with van der Waals surface area (Å²) in [6.07, 6.45) is 0. The number of oxazole rings is 1. The van der Waals surface area contributed by atoms with Crippen LogP contribution in [-0.4, -0.2) is 49.9 Å². The molecule has 0 amide bonds. The molecule has 0 bridgehead atoms. The Hall–Kier alpha value is -2.20. The van der Waals surface area contributed by atoms with Crippen molar-refractivity contribution in [1.29, 1.82) is 0 Å². The molecule has 0 spiro atoms. The minimum absolute atomic E-state index is 0.203. The van der Waals surface area contributed by atoms with Crippen molar-refractivity contribution in [2.45, 2.75) is 25.0 Å². The molecule has 0 saturated carbocycles. The van der Waals surface area contributed by atoms with Gasteiger partial charge in [-0.1, -0.05) is 12.1 Å². The van der Waals surface area contributed by atoms with Crippen molar-refractivity contribution in [1.82, 2.24) is 13.8 Å². The summed E-state index contributed by atoms with van der Waals surface area (Å²) in [5.41, 5.74) is 2.34. The topological polar surface area (TPSA) is 67.9 Å². The molecule has 7 nitrogen and oxygen atoms in total. The number of benzene rings is 2. The van der Waals surface area contributed by atoms with E-state index in [1.165, 1.54) is 24.5 Å². The minimum atomic E-state index is -3.54. The largest absolute Gasteiger partial charge is 0.494 e. The molecule has 0 aliphatic carbocycles. The minimum Gasteiger partial charge on any atom is -0.494 e. The molecule has 156 valence electrons. The van der Waals surface area contributed by atoms with Crippen molar-refractivity contribution in [3.05, 3.63) is 52.9 Å². The van der Waals surface area contributed by atoms with Crippen LogP contribution in [-0.2, 0) is 23.2 Å². The fourth-order valence-electron chi connectivity index (χ4n) is 3.01. The average molecular weight is 436 g/mol. The Morgan fingerprint density at radius 1 is 1.10 bits per heavy atom. The van der Waals surface area contributed by atoms with E-state index in [1.54, 1.807) is 16.7 Å². The molecule has 1 heterocycles. The van der Waals surface area contributed by atoms with Crippen molar-refractivity contribution in [3.63, 3.8) is 0 Å². The molecule has 2 aromatic carbocycles. The molecular formula is C20H25N3O4S2. The quantitative estimate of drug-likeness (QED) is 0.503. The summed E-state index contributed by atoms with van der Waals surface area (Å²) in [6.45, 7) is 3.74. The van der Waals surface area contributed by atoms with Crippen molar-refractivity contribution < 1.29 is 17.6 Å². The molecule has 9 heteroatoms. The van der Waals surface area contributed by atoms with Gasteiger partial charge in [-0.25, -0.2) is 12.7 Å². The summed E-state index contributed by atoms with van der Waals surface area (Å²) in [4.78, 5) is 2.58. The fraction of sp³-hybridized carbons (Fsp3) is 0.350. The highest BCUT2D eigenvalue weighted by molar-refractivity contribution is 7.89. The standard InChI is InChI=1S/C20H25N3O4S2/c1-5-26-16-8-6-15(7-9-16)13-22(4)14-23-18-12-17(29(24,25)21(2)3)10-11-19(18)27-20(23)28/h6-12H,5,13-14H2,1-4H3. The predicted molar refractivity (Wildman–Crippen MR) is 115 cm³/mol. The summed E-state index contributed by atoms with van der Waals surface area (Å²) in [7, 11) is 1.44. The van der Waals surface area contributed by atoms with Gasteiger partial charge in [-0.2, -0.15) is 0 Å². The number of fused-ring (bicyclic) bond motifs is 1. The zero-order valence-electron chi connectivity index (χ0n) is 17.0. The van der Waals surface area contributed by atoms with Crippen molar-refractivity contribution in [2.24, 2.45) is 0 Å². The Morgan fingerprint density at radius 2 is 1.79 bits per heavy atom. The summed E-state index contributed by atoms with van der Waals surface area (Å²) in [5, 5.41) is 0. The molecule has 0 atom stereocenters. The molecule has 3 aromatic rings. The lowest BCUT2D eigenvalue weighted by Gasteiger charge is -2.18. The molecule has 0 saturated heterocycles. The Kier molecular flexibility index (Phi) is 6.42.